The molecule has 0 unspecified atom stereocenters. The number of aromatic nitrogens is 2. The quantitative estimate of drug-likeness (QED) is 0.153. The molecule has 0 spiro atoms. The van der Waals surface area contributed by atoms with E-state index in [9.17, 15) is 8.78 Å². The summed E-state index contributed by atoms with van der Waals surface area (Å²) in [6.45, 7) is 34.0. The van der Waals surface area contributed by atoms with Gasteiger partial charge in [0.15, 0.2) is 0 Å². The third-order valence-electron chi connectivity index (χ3n) is 6.59. The second kappa shape index (κ2) is 69.0. The average Bonchev–Trinajstić information content (AvgIpc) is 3.75. The number of hydrogen-bond acceptors (Lipinski definition) is 1. The number of para-hydroxylation sites is 2. The van der Waals surface area contributed by atoms with Crippen LogP contribution in [0.5, 0.6) is 5.75 Å². The molecular formula is C57H112F2N4OPt2. The van der Waals surface area contributed by atoms with Gasteiger partial charge in [-0.25, -0.2) is 8.78 Å². The van der Waals surface area contributed by atoms with Crippen LogP contribution in [-0.4, -0.2) is 30.3 Å². The Labute approximate surface area is 445 Å². The second-order valence-electron chi connectivity index (χ2n) is 9.12. The molecule has 2 aromatic heterocycles. The van der Waals surface area contributed by atoms with Gasteiger partial charge >= 0.3 is 42.1 Å². The number of nitrogens with zero attached hydrogens (tertiary/aromatic N) is 4. The monoisotopic (exact) mass is 1300 g/mol. The van der Waals surface area contributed by atoms with E-state index in [1.807, 2.05) is 159 Å². The Morgan fingerprint density at radius 3 is 1.05 bits per heavy atom. The molecule has 0 aliphatic rings. The molecule has 2 heterocycles. The van der Waals surface area contributed by atoms with Crippen molar-refractivity contribution in [1.29, 1.82) is 0 Å². The van der Waals surface area contributed by atoms with E-state index in [1.54, 1.807) is 20.2 Å². The summed E-state index contributed by atoms with van der Waals surface area (Å²) in [4.78, 5) is 0. The first-order valence-corrected chi connectivity index (χ1v) is 20.3. The summed E-state index contributed by atoms with van der Waals surface area (Å²) < 4.78 is 36.3. The second-order valence-corrected chi connectivity index (χ2v) is 9.12. The van der Waals surface area contributed by atoms with Crippen LogP contribution in [0, 0.1) is 41.8 Å². The molecule has 0 radical (unpaired) electrons. The summed E-state index contributed by atoms with van der Waals surface area (Å²) in [5, 5.41) is 12.7. The van der Waals surface area contributed by atoms with Gasteiger partial charge in [-0.1, -0.05) is 222 Å². The zero-order chi connectivity index (χ0) is 42.9. The Bertz CT molecular complexity index is 1750. The van der Waals surface area contributed by atoms with Gasteiger partial charge in [0, 0.05) is 23.7 Å². The number of alkyl halides is 2. The Morgan fingerprint density at radius 1 is 0.470 bits per heavy atom. The van der Waals surface area contributed by atoms with E-state index in [4.69, 9.17) is 4.74 Å². The van der Waals surface area contributed by atoms with E-state index in [0.29, 0.717) is 18.9 Å². The van der Waals surface area contributed by atoms with Gasteiger partial charge in [-0.2, -0.15) is 32.3 Å². The van der Waals surface area contributed by atoms with Crippen molar-refractivity contribution < 1.29 is 55.6 Å². The molecule has 0 amide bonds. The van der Waals surface area contributed by atoms with Gasteiger partial charge in [-0.05, 0) is 22.9 Å². The predicted molar refractivity (Wildman–Crippen MR) is 308 cm³/mol. The summed E-state index contributed by atoms with van der Waals surface area (Å²) in [5.41, 5.74) is 3.80. The SMILES string of the molecule is C.C.C.C.C.C.CC.CC.CC.CC.CC.CC.CC.CC.C[N-]Cn1c2[c-]c(C(C)(F)F)ccc2c2ccccc21.C[N-]Cn1c2[c-]c(OC)ccc2c2ccccc21.[CH3-].[CH3-].[CH3-].[CH3-].[Pt+4].[Pt+4]. The van der Waals surface area contributed by atoms with Crippen LogP contribution in [0.15, 0.2) is 72.8 Å². The fourth-order valence-corrected chi connectivity index (χ4v) is 4.87. The van der Waals surface area contributed by atoms with Crippen molar-refractivity contribution in [2.24, 2.45) is 0 Å². The smallest absolute Gasteiger partial charge is 0.648 e. The molecule has 400 valence electrons. The maximum absolute atomic E-state index is 13.5. The van der Waals surface area contributed by atoms with Crippen molar-refractivity contribution >= 4 is 43.6 Å². The van der Waals surface area contributed by atoms with Crippen molar-refractivity contribution in [2.75, 3.05) is 21.2 Å². The summed E-state index contributed by atoms with van der Waals surface area (Å²) >= 11 is 0. The van der Waals surface area contributed by atoms with E-state index in [-0.39, 0.29) is 122 Å². The van der Waals surface area contributed by atoms with Crippen molar-refractivity contribution in [2.45, 2.75) is 182 Å². The van der Waals surface area contributed by atoms with Crippen molar-refractivity contribution in [1.82, 2.24) is 9.13 Å². The molecule has 9 heteroatoms. The zero-order valence-electron chi connectivity index (χ0n) is 42.4. The molecule has 0 aliphatic heterocycles. The standard InChI is InChI=1S/C16H14F2N2.C15H14N2O.8C2H6.6CH4.4CH3.2Pt/c1-16(17,18)11-7-8-13-12-5-3-4-6-14(12)20(10-19-2)15(13)9-11;1-16-10-17-14-6-4-3-5-12(14)13-8-7-11(18-2)9-15(13)17;8*1-2;;;;;;;;;;;;/h3-8H,10H2,1-2H3;3-8H,10H2,1-2H3;8*1-2H3;6*1H4;4*1H3;;/q2*-2;;;;;;;;;;;;;;;4*-1;2*+4. The number of halogens is 2. The van der Waals surface area contributed by atoms with E-state index in [0.717, 1.165) is 34.5 Å². The zero-order valence-corrected chi connectivity index (χ0v) is 47.0. The van der Waals surface area contributed by atoms with Crippen LogP contribution in [-0.2, 0) is 61.4 Å². The number of methoxy groups -OCH3 is 1. The summed E-state index contributed by atoms with van der Waals surface area (Å²) in [6.07, 6.45) is 0. The van der Waals surface area contributed by atoms with Gasteiger partial charge in [0.05, 0.1) is 7.11 Å². The Hall–Kier alpha value is -2.56. The summed E-state index contributed by atoms with van der Waals surface area (Å²) in [7, 11) is 5.19. The van der Waals surface area contributed by atoms with E-state index < -0.39 is 5.92 Å². The summed E-state index contributed by atoms with van der Waals surface area (Å²) in [5.74, 6) is -2.14. The van der Waals surface area contributed by atoms with Gasteiger partial charge in [0.25, 0.3) is 0 Å². The van der Waals surface area contributed by atoms with E-state index in [2.05, 4.69) is 51.6 Å². The first kappa shape index (κ1) is 110. The normalized spacial score (nSPS) is 7.55. The van der Waals surface area contributed by atoms with Gasteiger partial charge in [-0.15, -0.1) is 29.0 Å². The molecule has 0 aliphatic carbocycles. The topological polar surface area (TPSA) is 47.3 Å². The van der Waals surface area contributed by atoms with Gasteiger partial charge in [-0.3, -0.25) is 0 Å². The first-order chi connectivity index (χ1) is 26.4. The molecule has 0 saturated heterocycles. The molecule has 0 saturated carbocycles. The molecule has 6 rings (SSSR count). The maximum Gasteiger partial charge on any atom is 4.00 e. The number of benzene rings is 4. The minimum Gasteiger partial charge on any atom is -0.648 e. The van der Waals surface area contributed by atoms with E-state index in [1.165, 1.54) is 22.4 Å². The average molecular weight is 1300 g/mol. The molecule has 6 aromatic rings. The maximum atomic E-state index is 13.5. The molecule has 66 heavy (non-hydrogen) atoms. The van der Waals surface area contributed by atoms with Gasteiger partial charge in [0.1, 0.15) is 0 Å². The minimum atomic E-state index is -2.89. The Morgan fingerprint density at radius 2 is 0.758 bits per heavy atom. The molecule has 0 N–H and O–H groups in total. The molecule has 0 atom stereocenters. The fraction of sp³-hybridized carbons (Fsp3) is 0.509. The molecule has 0 fully saturated rings. The van der Waals surface area contributed by atoms with Crippen molar-refractivity contribution in [3.05, 3.63) is 131 Å². The van der Waals surface area contributed by atoms with Crippen LogP contribution in [0.4, 0.5) is 8.78 Å². The minimum absolute atomic E-state index is 0. The first-order valence-electron chi connectivity index (χ1n) is 20.3. The van der Waals surface area contributed by atoms with Crippen LogP contribution < -0.4 is 4.74 Å². The molecule has 5 nitrogen and oxygen atoms in total. The van der Waals surface area contributed by atoms with Crippen LogP contribution >= 0.6 is 0 Å². The van der Waals surface area contributed by atoms with Gasteiger partial charge < -0.3 is 54.2 Å². The largest absolute Gasteiger partial charge is 4.00 e. The van der Waals surface area contributed by atoms with Gasteiger partial charge in [0.2, 0.25) is 5.92 Å². The molecular weight excluding hydrogens is 1180 g/mol. The Kier molecular flexibility index (Phi) is 115. The third kappa shape index (κ3) is 32.2. The number of fused-ring (bicyclic) bond motifs is 6. The number of ether oxygens (including phenoxy) is 1. The van der Waals surface area contributed by atoms with Crippen LogP contribution in [0.25, 0.3) is 54.2 Å². The summed E-state index contributed by atoms with van der Waals surface area (Å²) in [6, 6.07) is 29.6. The van der Waals surface area contributed by atoms with Crippen LogP contribution in [0.1, 0.15) is 168 Å². The fourth-order valence-electron chi connectivity index (χ4n) is 4.87. The van der Waals surface area contributed by atoms with E-state index >= 15 is 0 Å². The van der Waals surface area contributed by atoms with Crippen molar-refractivity contribution in [3.63, 3.8) is 0 Å². The number of rotatable bonds is 6. The van der Waals surface area contributed by atoms with Crippen molar-refractivity contribution in [3.8, 4) is 5.75 Å². The number of hydrogen-bond donors (Lipinski definition) is 0. The van der Waals surface area contributed by atoms with Crippen LogP contribution in [0.2, 0.25) is 0 Å². The van der Waals surface area contributed by atoms with Crippen LogP contribution in [0.3, 0.4) is 0 Å². The third-order valence-corrected chi connectivity index (χ3v) is 6.59. The molecule has 4 aromatic carbocycles. The molecule has 0 bridgehead atoms. The Balaban J connectivity index is -0.0000000364. The predicted octanol–water partition coefficient (Wildman–Crippen LogP) is 22.1.